The molecular weight excluding hydrogens is 282 g/mol. The zero-order chi connectivity index (χ0) is 15.1. The predicted octanol–water partition coefficient (Wildman–Crippen LogP) is 2.41. The Labute approximate surface area is 129 Å². The van der Waals surface area contributed by atoms with Crippen LogP contribution in [0, 0.1) is 13.8 Å². The maximum atomic E-state index is 4.58. The Morgan fingerprint density at radius 1 is 1.29 bits per heavy atom. The molecule has 0 aliphatic rings. The average molecular weight is 303 g/mol. The lowest BCUT2D eigenvalue weighted by Gasteiger charge is -2.10. The van der Waals surface area contributed by atoms with Crippen LogP contribution in [0.1, 0.15) is 28.1 Å². The Morgan fingerprint density at radius 2 is 2.14 bits per heavy atom. The van der Waals surface area contributed by atoms with Gasteiger partial charge in [0.25, 0.3) is 0 Å². The monoisotopic (exact) mass is 303 g/mol. The van der Waals surface area contributed by atoms with Crippen molar-refractivity contribution in [1.82, 2.24) is 20.6 Å². The summed E-state index contributed by atoms with van der Waals surface area (Å²) >= 11 is 1.70. The first kappa shape index (κ1) is 15.4. The number of guanidine groups is 1. The molecule has 6 heteroatoms. The molecule has 2 heterocycles. The van der Waals surface area contributed by atoms with Crippen molar-refractivity contribution in [3.8, 4) is 0 Å². The number of aromatic nitrogens is 2. The van der Waals surface area contributed by atoms with Crippen molar-refractivity contribution in [1.29, 1.82) is 0 Å². The molecule has 0 aliphatic heterocycles. The number of nitrogens with one attached hydrogen (secondary N) is 2. The molecular formula is C15H21N5S. The summed E-state index contributed by atoms with van der Waals surface area (Å²) in [5.41, 5.74) is 2.16. The van der Waals surface area contributed by atoms with Crippen molar-refractivity contribution in [3.63, 3.8) is 0 Å². The number of hydrogen-bond donors (Lipinski definition) is 2. The molecule has 0 spiro atoms. The largest absolute Gasteiger partial charge is 0.357 e. The maximum Gasteiger partial charge on any atom is 0.191 e. The lowest BCUT2D eigenvalue weighted by atomic mass is 10.2. The van der Waals surface area contributed by atoms with Crippen LogP contribution in [-0.4, -0.2) is 22.5 Å². The predicted molar refractivity (Wildman–Crippen MR) is 87.5 cm³/mol. The quantitative estimate of drug-likeness (QED) is 0.658. The summed E-state index contributed by atoms with van der Waals surface area (Å²) < 4.78 is 0. The summed E-state index contributed by atoms with van der Waals surface area (Å²) in [7, 11) is 0. The third-order valence-corrected chi connectivity index (χ3v) is 3.84. The topological polar surface area (TPSA) is 62.2 Å². The van der Waals surface area contributed by atoms with Crippen LogP contribution in [-0.2, 0) is 13.1 Å². The minimum atomic E-state index is 0.568. The van der Waals surface area contributed by atoms with E-state index in [9.17, 15) is 0 Å². The Kier molecular flexibility index (Phi) is 5.68. The highest BCUT2D eigenvalue weighted by atomic mass is 32.1. The van der Waals surface area contributed by atoms with Gasteiger partial charge in [0.15, 0.2) is 5.96 Å². The SMILES string of the molecule is CCNC(=NCc1ncccc1C)NCc1ncc(C)s1. The van der Waals surface area contributed by atoms with Crippen molar-refractivity contribution >= 4 is 17.3 Å². The molecule has 0 bridgehead atoms. The fraction of sp³-hybridized carbons (Fsp3) is 0.400. The molecule has 0 aliphatic carbocycles. The van der Waals surface area contributed by atoms with Crippen molar-refractivity contribution in [2.75, 3.05) is 6.54 Å². The number of nitrogens with zero attached hydrogens (tertiary/aromatic N) is 3. The Bertz CT molecular complexity index is 606. The highest BCUT2D eigenvalue weighted by Crippen LogP contribution is 2.10. The number of aryl methyl sites for hydroxylation is 2. The molecule has 2 rings (SSSR count). The molecule has 0 radical (unpaired) electrons. The molecule has 0 saturated heterocycles. The normalized spacial score (nSPS) is 11.5. The van der Waals surface area contributed by atoms with Crippen LogP contribution in [0.5, 0.6) is 0 Å². The Balaban J connectivity index is 1.97. The second-order valence-corrected chi connectivity index (χ2v) is 6.00. The first-order valence-corrected chi connectivity index (χ1v) is 7.84. The van der Waals surface area contributed by atoms with Crippen LogP contribution >= 0.6 is 11.3 Å². The fourth-order valence-corrected chi connectivity index (χ4v) is 2.55. The van der Waals surface area contributed by atoms with Crippen molar-refractivity contribution in [3.05, 3.63) is 45.7 Å². The number of pyridine rings is 1. The summed E-state index contributed by atoms with van der Waals surface area (Å²) in [4.78, 5) is 14.5. The number of aliphatic imine (C=N–C) groups is 1. The molecule has 0 unspecified atom stereocenters. The van der Waals surface area contributed by atoms with Crippen LogP contribution in [0.3, 0.4) is 0 Å². The highest BCUT2D eigenvalue weighted by molar-refractivity contribution is 7.11. The van der Waals surface area contributed by atoms with Gasteiger partial charge in [0.05, 0.1) is 18.8 Å². The zero-order valence-corrected chi connectivity index (χ0v) is 13.5. The lowest BCUT2D eigenvalue weighted by Crippen LogP contribution is -2.36. The van der Waals surface area contributed by atoms with Gasteiger partial charge >= 0.3 is 0 Å². The molecule has 2 aromatic heterocycles. The number of hydrogen-bond acceptors (Lipinski definition) is 4. The van der Waals surface area contributed by atoms with Gasteiger partial charge in [-0.3, -0.25) is 4.98 Å². The molecule has 5 nitrogen and oxygen atoms in total. The average Bonchev–Trinajstić information content (AvgIpc) is 2.89. The van der Waals surface area contributed by atoms with Gasteiger partial charge in [-0.2, -0.15) is 0 Å². The van der Waals surface area contributed by atoms with Crippen molar-refractivity contribution < 1.29 is 0 Å². The summed E-state index contributed by atoms with van der Waals surface area (Å²) in [6.07, 6.45) is 3.69. The van der Waals surface area contributed by atoms with E-state index >= 15 is 0 Å². The van der Waals surface area contributed by atoms with E-state index in [1.54, 1.807) is 17.5 Å². The van der Waals surface area contributed by atoms with Crippen molar-refractivity contribution in [2.24, 2.45) is 4.99 Å². The van der Waals surface area contributed by atoms with Crippen LogP contribution in [0.4, 0.5) is 0 Å². The van der Waals surface area contributed by atoms with Gasteiger partial charge in [0.1, 0.15) is 5.01 Å². The van der Waals surface area contributed by atoms with E-state index in [0.717, 1.165) is 28.8 Å². The van der Waals surface area contributed by atoms with Gasteiger partial charge in [-0.1, -0.05) is 6.07 Å². The second kappa shape index (κ2) is 7.73. The molecule has 0 aromatic carbocycles. The van der Waals surface area contributed by atoms with Gasteiger partial charge in [-0.15, -0.1) is 11.3 Å². The fourth-order valence-electron chi connectivity index (χ4n) is 1.82. The summed E-state index contributed by atoms with van der Waals surface area (Å²) in [5.74, 6) is 0.787. The van der Waals surface area contributed by atoms with Gasteiger partial charge in [-0.25, -0.2) is 9.98 Å². The second-order valence-electron chi connectivity index (χ2n) is 4.68. The first-order valence-electron chi connectivity index (χ1n) is 7.03. The van der Waals surface area contributed by atoms with Crippen LogP contribution in [0.15, 0.2) is 29.5 Å². The van der Waals surface area contributed by atoms with E-state index in [4.69, 9.17) is 0 Å². The summed E-state index contributed by atoms with van der Waals surface area (Å²) in [6, 6.07) is 3.99. The van der Waals surface area contributed by atoms with E-state index < -0.39 is 0 Å². The van der Waals surface area contributed by atoms with Gasteiger partial charge in [0, 0.05) is 23.8 Å². The number of rotatable bonds is 5. The number of thiazole rings is 1. The first-order chi connectivity index (χ1) is 10.2. The van der Waals surface area contributed by atoms with Crippen LogP contribution in [0.2, 0.25) is 0 Å². The smallest absolute Gasteiger partial charge is 0.191 e. The van der Waals surface area contributed by atoms with Gasteiger partial charge in [-0.05, 0) is 32.4 Å². The van der Waals surface area contributed by atoms with E-state index in [-0.39, 0.29) is 0 Å². The molecule has 0 saturated carbocycles. The molecule has 0 atom stereocenters. The van der Waals surface area contributed by atoms with E-state index in [2.05, 4.69) is 52.4 Å². The minimum Gasteiger partial charge on any atom is -0.357 e. The Hall–Kier alpha value is -1.95. The van der Waals surface area contributed by atoms with E-state index in [1.807, 2.05) is 12.3 Å². The zero-order valence-electron chi connectivity index (χ0n) is 12.7. The van der Waals surface area contributed by atoms with Gasteiger partial charge in [0.2, 0.25) is 0 Å². The molecule has 21 heavy (non-hydrogen) atoms. The molecule has 2 N–H and O–H groups in total. The summed E-state index contributed by atoms with van der Waals surface area (Å²) in [5, 5.41) is 7.60. The third-order valence-electron chi connectivity index (χ3n) is 2.93. The maximum absolute atomic E-state index is 4.58. The minimum absolute atomic E-state index is 0.568. The van der Waals surface area contributed by atoms with Crippen LogP contribution in [0.25, 0.3) is 0 Å². The summed E-state index contributed by atoms with van der Waals surface area (Å²) in [6.45, 7) is 8.24. The van der Waals surface area contributed by atoms with E-state index in [1.165, 1.54) is 4.88 Å². The molecule has 0 amide bonds. The standard InChI is InChI=1S/C15H21N5S/c1-4-16-15(20-10-14-18-8-12(3)21-14)19-9-13-11(2)6-5-7-17-13/h5-8H,4,9-10H2,1-3H3,(H2,16,19,20). The molecule has 2 aromatic rings. The van der Waals surface area contributed by atoms with Gasteiger partial charge < -0.3 is 10.6 Å². The molecule has 112 valence electrons. The van der Waals surface area contributed by atoms with Crippen LogP contribution < -0.4 is 10.6 Å². The third kappa shape index (κ3) is 4.82. The highest BCUT2D eigenvalue weighted by Gasteiger charge is 2.03. The van der Waals surface area contributed by atoms with Crippen molar-refractivity contribution in [2.45, 2.75) is 33.9 Å². The Morgan fingerprint density at radius 3 is 2.81 bits per heavy atom. The molecule has 0 fully saturated rings. The lowest BCUT2D eigenvalue weighted by molar-refractivity contribution is 0.806. The van der Waals surface area contributed by atoms with E-state index in [0.29, 0.717) is 13.1 Å².